The molecular weight excluding hydrogens is 328 g/mol. The predicted octanol–water partition coefficient (Wildman–Crippen LogP) is 2.17. The fourth-order valence-electron chi connectivity index (χ4n) is 2.09. The summed E-state index contributed by atoms with van der Waals surface area (Å²) in [7, 11) is -3.47. The van der Waals surface area contributed by atoms with Crippen LogP contribution in [0.2, 0.25) is 0 Å². The molecule has 0 atom stereocenters. The van der Waals surface area contributed by atoms with Gasteiger partial charge in [0.25, 0.3) is 0 Å². The molecule has 0 saturated heterocycles. The van der Waals surface area contributed by atoms with Gasteiger partial charge >= 0.3 is 0 Å². The van der Waals surface area contributed by atoms with E-state index in [1.807, 2.05) is 25.1 Å². The van der Waals surface area contributed by atoms with E-state index in [1.54, 1.807) is 6.07 Å². The lowest BCUT2D eigenvalue weighted by Crippen LogP contribution is -2.34. The Morgan fingerprint density at radius 1 is 1.37 bits per heavy atom. The molecular formula is C13H17BrN2O2S. The highest BCUT2D eigenvalue weighted by molar-refractivity contribution is 9.10. The molecule has 1 aromatic rings. The minimum absolute atomic E-state index is 0.309. The van der Waals surface area contributed by atoms with Crippen molar-refractivity contribution in [3.8, 4) is 0 Å². The zero-order valence-electron chi connectivity index (χ0n) is 10.8. The van der Waals surface area contributed by atoms with Gasteiger partial charge in [0.1, 0.15) is 0 Å². The van der Waals surface area contributed by atoms with Gasteiger partial charge < -0.3 is 5.73 Å². The van der Waals surface area contributed by atoms with Crippen LogP contribution in [0, 0.1) is 6.92 Å². The Morgan fingerprint density at radius 2 is 2.11 bits per heavy atom. The summed E-state index contributed by atoms with van der Waals surface area (Å²) < 4.78 is 27.4. The van der Waals surface area contributed by atoms with Crippen molar-refractivity contribution in [1.29, 1.82) is 0 Å². The van der Waals surface area contributed by atoms with Gasteiger partial charge in [-0.2, -0.15) is 4.31 Å². The molecule has 6 heteroatoms. The summed E-state index contributed by atoms with van der Waals surface area (Å²) in [6, 6.07) is 3.56. The maximum absolute atomic E-state index is 12.6. The molecule has 1 aliphatic heterocycles. The van der Waals surface area contributed by atoms with E-state index < -0.39 is 10.0 Å². The van der Waals surface area contributed by atoms with Gasteiger partial charge in [-0.05, 0) is 46.5 Å². The van der Waals surface area contributed by atoms with Crippen LogP contribution in [0.25, 0.3) is 0 Å². The number of halogens is 1. The molecule has 19 heavy (non-hydrogen) atoms. The van der Waals surface area contributed by atoms with Gasteiger partial charge in [-0.1, -0.05) is 18.2 Å². The second-order valence-electron chi connectivity index (χ2n) is 4.55. The third-order valence-electron chi connectivity index (χ3n) is 3.16. The highest BCUT2D eigenvalue weighted by atomic mass is 79.9. The Bertz CT molecular complexity index is 611. The monoisotopic (exact) mass is 344 g/mol. The fraction of sp³-hybridized carbons (Fsp3) is 0.385. The number of hydrogen-bond donors (Lipinski definition) is 1. The van der Waals surface area contributed by atoms with Gasteiger partial charge in [0.2, 0.25) is 10.0 Å². The number of rotatable bonds is 3. The van der Waals surface area contributed by atoms with Gasteiger partial charge in [-0.3, -0.25) is 0 Å². The molecule has 0 amide bonds. The zero-order valence-corrected chi connectivity index (χ0v) is 13.2. The Balaban J connectivity index is 2.50. The SMILES string of the molecule is Cc1cc(CN)cc(S(=O)(=O)N2CC=CCC2)c1Br. The predicted molar refractivity (Wildman–Crippen MR) is 79.3 cm³/mol. The van der Waals surface area contributed by atoms with Crippen LogP contribution in [-0.4, -0.2) is 25.8 Å². The van der Waals surface area contributed by atoms with Gasteiger partial charge in [0.15, 0.2) is 0 Å². The molecule has 0 aliphatic carbocycles. The van der Waals surface area contributed by atoms with Crippen LogP contribution in [-0.2, 0) is 16.6 Å². The maximum Gasteiger partial charge on any atom is 0.244 e. The topological polar surface area (TPSA) is 63.4 Å². The van der Waals surface area contributed by atoms with Crippen molar-refractivity contribution in [2.75, 3.05) is 13.1 Å². The number of benzene rings is 1. The van der Waals surface area contributed by atoms with Gasteiger partial charge in [-0.15, -0.1) is 0 Å². The molecule has 2 rings (SSSR count). The van der Waals surface area contributed by atoms with E-state index in [0.29, 0.717) is 29.0 Å². The number of nitrogens with zero attached hydrogens (tertiary/aromatic N) is 1. The van der Waals surface area contributed by atoms with Crippen LogP contribution < -0.4 is 5.73 Å². The third-order valence-corrected chi connectivity index (χ3v) is 6.36. The molecule has 4 nitrogen and oxygen atoms in total. The lowest BCUT2D eigenvalue weighted by molar-refractivity contribution is 0.437. The largest absolute Gasteiger partial charge is 0.326 e. The van der Waals surface area contributed by atoms with Gasteiger partial charge in [-0.25, -0.2) is 8.42 Å². The Hall–Kier alpha value is -0.690. The van der Waals surface area contributed by atoms with Crippen LogP contribution in [0.5, 0.6) is 0 Å². The average Bonchev–Trinajstić information content (AvgIpc) is 2.42. The number of aryl methyl sites for hydroxylation is 1. The lowest BCUT2D eigenvalue weighted by Gasteiger charge is -2.24. The highest BCUT2D eigenvalue weighted by Crippen LogP contribution is 2.30. The van der Waals surface area contributed by atoms with E-state index in [-0.39, 0.29) is 0 Å². The average molecular weight is 345 g/mol. The molecule has 0 aromatic heterocycles. The van der Waals surface area contributed by atoms with Crippen molar-refractivity contribution in [2.45, 2.75) is 24.8 Å². The first-order valence-electron chi connectivity index (χ1n) is 6.11. The first-order chi connectivity index (χ1) is 8.96. The molecule has 0 bridgehead atoms. The summed E-state index contributed by atoms with van der Waals surface area (Å²) in [4.78, 5) is 0.309. The van der Waals surface area contributed by atoms with E-state index in [4.69, 9.17) is 5.73 Å². The molecule has 0 radical (unpaired) electrons. The van der Waals surface area contributed by atoms with Crippen LogP contribution in [0.4, 0.5) is 0 Å². The van der Waals surface area contributed by atoms with E-state index in [0.717, 1.165) is 17.5 Å². The van der Waals surface area contributed by atoms with Crippen LogP contribution in [0.1, 0.15) is 17.5 Å². The molecule has 0 spiro atoms. The molecule has 104 valence electrons. The normalized spacial score (nSPS) is 16.8. The smallest absolute Gasteiger partial charge is 0.244 e. The first-order valence-corrected chi connectivity index (χ1v) is 8.34. The fourth-order valence-corrected chi connectivity index (χ4v) is 4.53. The number of nitrogens with two attached hydrogens (primary N) is 1. The Morgan fingerprint density at radius 3 is 2.68 bits per heavy atom. The van der Waals surface area contributed by atoms with Crippen molar-refractivity contribution in [3.05, 3.63) is 39.9 Å². The molecule has 0 fully saturated rings. The molecule has 1 heterocycles. The Kier molecular flexibility index (Phi) is 4.45. The molecule has 0 unspecified atom stereocenters. The number of hydrogen-bond acceptors (Lipinski definition) is 3. The standard InChI is InChI=1S/C13H17BrN2O2S/c1-10-7-11(9-15)8-12(13(10)14)19(17,18)16-5-3-2-4-6-16/h2-3,7-8H,4-6,9,15H2,1H3. The van der Waals surface area contributed by atoms with Crippen LogP contribution in [0.15, 0.2) is 33.7 Å². The van der Waals surface area contributed by atoms with Crippen molar-refractivity contribution < 1.29 is 8.42 Å². The molecule has 0 saturated carbocycles. The highest BCUT2D eigenvalue weighted by Gasteiger charge is 2.27. The summed E-state index contributed by atoms with van der Waals surface area (Å²) in [6.07, 6.45) is 4.64. The third kappa shape index (κ3) is 2.91. The summed E-state index contributed by atoms with van der Waals surface area (Å²) in [5, 5.41) is 0. The summed E-state index contributed by atoms with van der Waals surface area (Å²) in [5.74, 6) is 0. The molecule has 2 N–H and O–H groups in total. The van der Waals surface area contributed by atoms with Gasteiger partial charge in [0.05, 0.1) is 4.90 Å². The van der Waals surface area contributed by atoms with Crippen LogP contribution in [0.3, 0.4) is 0 Å². The maximum atomic E-state index is 12.6. The van der Waals surface area contributed by atoms with E-state index in [1.165, 1.54) is 4.31 Å². The minimum Gasteiger partial charge on any atom is -0.326 e. The second-order valence-corrected chi connectivity index (χ2v) is 7.25. The van der Waals surface area contributed by atoms with Crippen LogP contribution >= 0.6 is 15.9 Å². The lowest BCUT2D eigenvalue weighted by atomic mass is 10.1. The van der Waals surface area contributed by atoms with Crippen molar-refractivity contribution in [1.82, 2.24) is 4.31 Å². The molecule has 1 aromatic carbocycles. The summed E-state index contributed by atoms with van der Waals surface area (Å²) >= 11 is 3.38. The second kappa shape index (κ2) is 5.75. The first kappa shape index (κ1) is 14.7. The van der Waals surface area contributed by atoms with Crippen molar-refractivity contribution in [2.24, 2.45) is 5.73 Å². The zero-order chi connectivity index (χ0) is 14.0. The summed E-state index contributed by atoms with van der Waals surface area (Å²) in [6.45, 7) is 3.16. The van der Waals surface area contributed by atoms with E-state index in [2.05, 4.69) is 15.9 Å². The minimum atomic E-state index is -3.47. The van der Waals surface area contributed by atoms with Gasteiger partial charge in [0, 0.05) is 24.1 Å². The van der Waals surface area contributed by atoms with Crippen molar-refractivity contribution >= 4 is 26.0 Å². The van der Waals surface area contributed by atoms with E-state index >= 15 is 0 Å². The van der Waals surface area contributed by atoms with Crippen molar-refractivity contribution in [3.63, 3.8) is 0 Å². The molecule has 1 aliphatic rings. The Labute approximate surface area is 122 Å². The van der Waals surface area contributed by atoms with E-state index in [9.17, 15) is 8.42 Å². The summed E-state index contributed by atoms with van der Waals surface area (Å²) in [5.41, 5.74) is 7.33. The quantitative estimate of drug-likeness (QED) is 0.854. The number of sulfonamides is 1.